The molecule has 11 nitrogen and oxygen atoms in total. The second-order valence-electron chi connectivity index (χ2n) is 5.79. The molecule has 27 heavy (non-hydrogen) atoms. The quantitative estimate of drug-likeness (QED) is 0.472. The Labute approximate surface area is 155 Å². The van der Waals surface area contributed by atoms with Crippen molar-refractivity contribution in [3.05, 3.63) is 0 Å². The van der Waals surface area contributed by atoms with Crippen LogP contribution in [0.25, 0.3) is 0 Å². The Balaban J connectivity index is 3.33. The lowest BCUT2D eigenvalue weighted by Crippen LogP contribution is -2.65. The van der Waals surface area contributed by atoms with E-state index in [9.17, 15) is 24.0 Å². The van der Waals surface area contributed by atoms with Gasteiger partial charge in [-0.2, -0.15) is 0 Å². The fourth-order valence-corrected chi connectivity index (χ4v) is 2.73. The van der Waals surface area contributed by atoms with Gasteiger partial charge in [-0.25, -0.2) is 4.79 Å². The molecule has 0 radical (unpaired) electrons. The Kier molecular flexibility index (Phi) is 8.00. The van der Waals surface area contributed by atoms with E-state index in [1.54, 1.807) is 0 Å². The van der Waals surface area contributed by atoms with E-state index in [0.717, 1.165) is 32.8 Å². The fourth-order valence-electron chi connectivity index (χ4n) is 2.73. The summed E-state index contributed by atoms with van der Waals surface area (Å²) in [5.74, 6) is -2.79. The lowest BCUT2D eigenvalue weighted by atomic mass is 9.95. The average molecular weight is 389 g/mol. The summed E-state index contributed by atoms with van der Waals surface area (Å²) >= 11 is 0. The van der Waals surface area contributed by atoms with Crippen molar-refractivity contribution in [1.29, 1.82) is 0 Å². The monoisotopic (exact) mass is 389 g/mol. The first kappa shape index (κ1) is 22.2. The number of hydrogen-bond donors (Lipinski definition) is 0. The van der Waals surface area contributed by atoms with Gasteiger partial charge in [-0.1, -0.05) is 0 Å². The predicted molar refractivity (Wildman–Crippen MR) is 85.9 cm³/mol. The minimum absolute atomic E-state index is 0.0440. The normalized spacial score (nSPS) is 24.4. The average Bonchev–Trinajstić information content (AvgIpc) is 2.53. The standard InChI is InChI=1S/C16H23NO10/c1-8(18)24-7-12-6-13(25-9(2)19)14(26-10(3)20)15(27-11(4)21)17(12)16(22)23-5/h12-15H,6-7H2,1-5H3/t12-,13?,14?,15?/m0/s1. The third-order valence-corrected chi connectivity index (χ3v) is 3.59. The summed E-state index contributed by atoms with van der Waals surface area (Å²) in [5, 5.41) is 0. The molecule has 0 N–H and O–H groups in total. The van der Waals surface area contributed by atoms with Crippen LogP contribution in [0.1, 0.15) is 34.1 Å². The van der Waals surface area contributed by atoms with Crippen LogP contribution in [0, 0.1) is 0 Å². The van der Waals surface area contributed by atoms with E-state index in [2.05, 4.69) is 0 Å². The van der Waals surface area contributed by atoms with Crippen LogP contribution in [0.3, 0.4) is 0 Å². The van der Waals surface area contributed by atoms with E-state index in [-0.39, 0.29) is 13.0 Å². The summed E-state index contributed by atoms with van der Waals surface area (Å²) in [6.07, 6.45) is -4.73. The molecule has 0 saturated carbocycles. The summed E-state index contributed by atoms with van der Waals surface area (Å²) in [6.45, 7) is 4.27. The van der Waals surface area contributed by atoms with Crippen LogP contribution in [-0.4, -0.2) is 73.1 Å². The van der Waals surface area contributed by atoms with Crippen molar-refractivity contribution in [3.63, 3.8) is 0 Å². The molecule has 0 aliphatic carbocycles. The number of piperidine rings is 1. The molecule has 4 atom stereocenters. The van der Waals surface area contributed by atoms with Gasteiger partial charge in [0, 0.05) is 34.1 Å². The minimum Gasteiger partial charge on any atom is -0.464 e. The van der Waals surface area contributed by atoms with Crippen molar-refractivity contribution in [2.24, 2.45) is 0 Å². The highest BCUT2D eigenvalue weighted by Gasteiger charge is 2.51. The van der Waals surface area contributed by atoms with Crippen molar-refractivity contribution in [2.45, 2.75) is 58.6 Å². The van der Waals surface area contributed by atoms with E-state index in [4.69, 9.17) is 23.7 Å². The number of likely N-dealkylation sites (tertiary alicyclic amines) is 1. The van der Waals surface area contributed by atoms with Crippen molar-refractivity contribution < 1.29 is 47.7 Å². The van der Waals surface area contributed by atoms with Crippen molar-refractivity contribution in [1.82, 2.24) is 4.90 Å². The third-order valence-electron chi connectivity index (χ3n) is 3.59. The van der Waals surface area contributed by atoms with Crippen LogP contribution in [0.2, 0.25) is 0 Å². The number of carbonyl (C=O) groups excluding carboxylic acids is 5. The zero-order valence-electron chi connectivity index (χ0n) is 15.8. The molecule has 3 unspecified atom stereocenters. The fraction of sp³-hybridized carbons (Fsp3) is 0.688. The Morgan fingerprint density at radius 1 is 0.852 bits per heavy atom. The molecule has 1 heterocycles. The maximum absolute atomic E-state index is 12.3. The summed E-state index contributed by atoms with van der Waals surface area (Å²) in [7, 11) is 1.11. The SMILES string of the molecule is COC(=O)N1C(OC(C)=O)C(OC(C)=O)C(OC(C)=O)C[C@H]1COC(C)=O. The molecule has 1 fully saturated rings. The Hall–Kier alpha value is -2.85. The molecule has 1 aliphatic rings. The molecule has 0 aromatic heterocycles. The second-order valence-corrected chi connectivity index (χ2v) is 5.79. The van der Waals surface area contributed by atoms with Gasteiger partial charge in [0.25, 0.3) is 0 Å². The van der Waals surface area contributed by atoms with Crippen molar-refractivity contribution in [3.8, 4) is 0 Å². The zero-order valence-corrected chi connectivity index (χ0v) is 15.8. The predicted octanol–water partition coefficient (Wildman–Crippen LogP) is 0.143. The third kappa shape index (κ3) is 6.42. The first-order valence-electron chi connectivity index (χ1n) is 8.08. The maximum Gasteiger partial charge on any atom is 0.412 e. The van der Waals surface area contributed by atoms with Crippen LogP contribution >= 0.6 is 0 Å². The molecule has 1 amide bonds. The number of esters is 4. The number of nitrogens with zero attached hydrogens (tertiary/aromatic N) is 1. The molecule has 1 rings (SSSR count). The largest absolute Gasteiger partial charge is 0.464 e. The molecule has 0 bridgehead atoms. The minimum atomic E-state index is -1.45. The first-order valence-corrected chi connectivity index (χ1v) is 8.08. The van der Waals surface area contributed by atoms with Crippen LogP contribution < -0.4 is 0 Å². The topological polar surface area (TPSA) is 135 Å². The molecule has 0 aromatic carbocycles. The van der Waals surface area contributed by atoms with E-state index < -0.39 is 54.4 Å². The summed E-state index contributed by atoms with van der Waals surface area (Å²) < 4.78 is 25.2. The van der Waals surface area contributed by atoms with Gasteiger partial charge < -0.3 is 23.7 Å². The van der Waals surface area contributed by atoms with Crippen LogP contribution in [-0.2, 0) is 42.9 Å². The molecule has 1 aliphatic heterocycles. The van der Waals surface area contributed by atoms with Gasteiger partial charge in [-0.3, -0.25) is 24.1 Å². The van der Waals surface area contributed by atoms with E-state index in [1.807, 2.05) is 0 Å². The second kappa shape index (κ2) is 9.74. The van der Waals surface area contributed by atoms with Gasteiger partial charge in [-0.05, 0) is 0 Å². The number of carbonyl (C=O) groups is 5. The van der Waals surface area contributed by atoms with Gasteiger partial charge in [0.2, 0.25) is 6.23 Å². The highest BCUT2D eigenvalue weighted by atomic mass is 16.6. The summed E-state index contributed by atoms with van der Waals surface area (Å²) in [6, 6.07) is -0.859. The van der Waals surface area contributed by atoms with E-state index >= 15 is 0 Å². The molecule has 152 valence electrons. The number of amides is 1. The molecular weight excluding hydrogens is 366 g/mol. The Morgan fingerprint density at radius 2 is 1.41 bits per heavy atom. The van der Waals surface area contributed by atoms with Gasteiger partial charge in [0.1, 0.15) is 12.7 Å². The molecule has 0 aromatic rings. The highest BCUT2D eigenvalue weighted by Crippen LogP contribution is 2.30. The zero-order chi connectivity index (χ0) is 20.7. The van der Waals surface area contributed by atoms with Gasteiger partial charge in [-0.15, -0.1) is 0 Å². The highest BCUT2D eigenvalue weighted by molar-refractivity contribution is 5.72. The number of ether oxygens (including phenoxy) is 5. The lowest BCUT2D eigenvalue weighted by Gasteiger charge is -2.46. The van der Waals surface area contributed by atoms with Crippen LogP contribution in [0.4, 0.5) is 4.79 Å². The lowest BCUT2D eigenvalue weighted by molar-refractivity contribution is -0.218. The molecule has 11 heteroatoms. The van der Waals surface area contributed by atoms with Gasteiger partial charge >= 0.3 is 30.0 Å². The Morgan fingerprint density at radius 3 is 1.85 bits per heavy atom. The molecule has 0 spiro atoms. The first-order chi connectivity index (χ1) is 12.6. The maximum atomic E-state index is 12.3. The van der Waals surface area contributed by atoms with Crippen molar-refractivity contribution >= 4 is 30.0 Å². The number of hydrogen-bond acceptors (Lipinski definition) is 10. The summed E-state index contributed by atoms with van der Waals surface area (Å²) in [5.41, 5.74) is 0. The van der Waals surface area contributed by atoms with Gasteiger partial charge in [0.05, 0.1) is 13.2 Å². The number of methoxy groups -OCH3 is 1. The van der Waals surface area contributed by atoms with E-state index in [1.165, 1.54) is 6.92 Å². The smallest absolute Gasteiger partial charge is 0.412 e. The van der Waals surface area contributed by atoms with Crippen LogP contribution in [0.15, 0.2) is 0 Å². The number of rotatable bonds is 5. The summed E-state index contributed by atoms with van der Waals surface area (Å²) in [4.78, 5) is 59.0. The van der Waals surface area contributed by atoms with Crippen LogP contribution in [0.5, 0.6) is 0 Å². The molecular formula is C16H23NO10. The van der Waals surface area contributed by atoms with Gasteiger partial charge in [0.15, 0.2) is 6.10 Å². The van der Waals surface area contributed by atoms with Crippen molar-refractivity contribution in [2.75, 3.05) is 13.7 Å². The molecule has 1 saturated heterocycles. The van der Waals surface area contributed by atoms with E-state index in [0.29, 0.717) is 0 Å². The Bertz CT molecular complexity index is 604.